The molecule has 1 fully saturated rings. The van der Waals surface area contributed by atoms with Crippen LogP contribution in [0.15, 0.2) is 22.7 Å². The largest absolute Gasteiger partial charge is 0.508 e. The molecule has 3 nitrogen and oxygen atoms in total. The Morgan fingerprint density at radius 1 is 1.47 bits per heavy atom. The Morgan fingerprint density at radius 2 is 2.26 bits per heavy atom. The first-order chi connectivity index (χ1) is 9.13. The zero-order chi connectivity index (χ0) is 13.8. The summed E-state index contributed by atoms with van der Waals surface area (Å²) in [6, 6.07) is 6.05. The van der Waals surface area contributed by atoms with Crippen LogP contribution in [0.25, 0.3) is 0 Å². The Bertz CT molecular complexity index is 425. The van der Waals surface area contributed by atoms with Gasteiger partial charge >= 0.3 is 0 Å². The number of halogens is 1. The second kappa shape index (κ2) is 6.73. The van der Waals surface area contributed by atoms with Crippen molar-refractivity contribution in [1.29, 1.82) is 0 Å². The Balaban J connectivity index is 2.07. The first-order valence-electron chi connectivity index (χ1n) is 7.05. The fraction of sp³-hybridized carbons (Fsp3) is 0.600. The summed E-state index contributed by atoms with van der Waals surface area (Å²) in [4.78, 5) is 2.41. The zero-order valence-electron chi connectivity index (χ0n) is 11.5. The number of rotatable bonds is 4. The molecule has 2 atom stereocenters. The van der Waals surface area contributed by atoms with E-state index in [0.29, 0.717) is 18.3 Å². The lowest BCUT2D eigenvalue weighted by Crippen LogP contribution is -2.46. The zero-order valence-corrected chi connectivity index (χ0v) is 13.1. The van der Waals surface area contributed by atoms with Crippen molar-refractivity contribution in [2.45, 2.75) is 38.8 Å². The van der Waals surface area contributed by atoms with Crippen molar-refractivity contribution >= 4 is 15.9 Å². The smallest absolute Gasteiger partial charge is 0.120 e. The quantitative estimate of drug-likeness (QED) is 0.893. The van der Waals surface area contributed by atoms with Crippen LogP contribution in [0.5, 0.6) is 5.75 Å². The van der Waals surface area contributed by atoms with E-state index in [1.807, 2.05) is 12.1 Å². The summed E-state index contributed by atoms with van der Waals surface area (Å²) in [7, 11) is 0. The molecule has 0 radical (unpaired) electrons. The van der Waals surface area contributed by atoms with Crippen molar-refractivity contribution < 1.29 is 5.11 Å². The first-order valence-corrected chi connectivity index (χ1v) is 7.84. The molecule has 1 saturated heterocycles. The summed E-state index contributed by atoms with van der Waals surface area (Å²) in [5, 5.41) is 9.94. The third kappa shape index (κ3) is 3.71. The lowest BCUT2D eigenvalue weighted by atomic mass is 9.88. The predicted octanol–water partition coefficient (Wildman–Crippen LogP) is 3.10. The van der Waals surface area contributed by atoms with E-state index in [4.69, 9.17) is 5.73 Å². The summed E-state index contributed by atoms with van der Waals surface area (Å²) in [6.07, 6.45) is 3.66. The van der Waals surface area contributed by atoms with Gasteiger partial charge < -0.3 is 10.8 Å². The summed E-state index contributed by atoms with van der Waals surface area (Å²) in [5.41, 5.74) is 6.89. The van der Waals surface area contributed by atoms with Gasteiger partial charge in [-0.1, -0.05) is 29.3 Å². The van der Waals surface area contributed by atoms with Gasteiger partial charge in [0.1, 0.15) is 5.75 Å². The van der Waals surface area contributed by atoms with Gasteiger partial charge in [0.2, 0.25) is 0 Å². The van der Waals surface area contributed by atoms with E-state index in [1.54, 1.807) is 6.07 Å². The maximum Gasteiger partial charge on any atom is 0.120 e. The fourth-order valence-corrected chi connectivity index (χ4v) is 3.31. The topological polar surface area (TPSA) is 49.5 Å². The normalized spacial score (nSPS) is 24.6. The number of aromatic hydroxyl groups is 1. The van der Waals surface area contributed by atoms with Gasteiger partial charge in [0.25, 0.3) is 0 Å². The van der Waals surface area contributed by atoms with Crippen LogP contribution in [0, 0.1) is 5.92 Å². The maximum atomic E-state index is 9.94. The van der Waals surface area contributed by atoms with E-state index in [1.165, 1.54) is 19.3 Å². The number of piperidine rings is 1. The van der Waals surface area contributed by atoms with Crippen molar-refractivity contribution in [3.05, 3.63) is 28.2 Å². The number of hydrogen-bond donors (Lipinski definition) is 2. The van der Waals surface area contributed by atoms with Gasteiger partial charge in [-0.3, -0.25) is 4.90 Å². The molecule has 1 aliphatic rings. The van der Waals surface area contributed by atoms with E-state index in [9.17, 15) is 5.11 Å². The number of nitrogens with two attached hydrogens (primary N) is 1. The summed E-state index contributed by atoms with van der Waals surface area (Å²) in [6.45, 7) is 4.81. The van der Waals surface area contributed by atoms with E-state index < -0.39 is 0 Å². The molecule has 1 aromatic carbocycles. The molecular weight excluding hydrogens is 304 g/mol. The Morgan fingerprint density at radius 3 is 2.95 bits per heavy atom. The van der Waals surface area contributed by atoms with Crippen LogP contribution in [-0.2, 0) is 6.54 Å². The molecule has 106 valence electrons. The van der Waals surface area contributed by atoms with Crippen LogP contribution in [0.3, 0.4) is 0 Å². The van der Waals surface area contributed by atoms with Crippen molar-refractivity contribution in [2.75, 3.05) is 13.1 Å². The maximum absolute atomic E-state index is 9.94. The standard InChI is InChI=1S/C15H23BrN2O/c1-2-11-5-6-18(14(7-11)9-17)10-12-8-13(16)3-4-15(12)19/h3-4,8,11,14,19H,2,5-7,9-10,17H2,1H3. The Labute approximate surface area is 123 Å². The van der Waals surface area contributed by atoms with Crippen LogP contribution >= 0.6 is 15.9 Å². The van der Waals surface area contributed by atoms with Gasteiger partial charge in [-0.25, -0.2) is 0 Å². The summed E-state index contributed by atoms with van der Waals surface area (Å²) < 4.78 is 1.01. The molecule has 4 heteroatoms. The van der Waals surface area contributed by atoms with E-state index in [0.717, 1.165) is 29.0 Å². The molecule has 0 spiro atoms. The van der Waals surface area contributed by atoms with Gasteiger partial charge in [-0.05, 0) is 43.5 Å². The SMILES string of the molecule is CCC1CCN(Cc2cc(Br)ccc2O)C(CN)C1. The highest BCUT2D eigenvalue weighted by molar-refractivity contribution is 9.10. The average Bonchev–Trinajstić information content (AvgIpc) is 2.43. The first kappa shape index (κ1) is 14.8. The van der Waals surface area contributed by atoms with E-state index in [2.05, 4.69) is 27.8 Å². The van der Waals surface area contributed by atoms with Crippen molar-refractivity contribution in [1.82, 2.24) is 4.90 Å². The number of benzene rings is 1. The summed E-state index contributed by atoms with van der Waals surface area (Å²) >= 11 is 3.46. The van der Waals surface area contributed by atoms with Crippen LogP contribution in [0.4, 0.5) is 0 Å². The molecule has 0 bridgehead atoms. The minimum atomic E-state index is 0.372. The number of phenolic OH excluding ortho intramolecular Hbond substituents is 1. The lowest BCUT2D eigenvalue weighted by Gasteiger charge is -2.39. The third-order valence-electron chi connectivity index (χ3n) is 4.21. The van der Waals surface area contributed by atoms with Crippen molar-refractivity contribution in [3.63, 3.8) is 0 Å². The second-order valence-electron chi connectivity index (χ2n) is 5.43. The van der Waals surface area contributed by atoms with Gasteiger partial charge in [0.15, 0.2) is 0 Å². The van der Waals surface area contributed by atoms with Gasteiger partial charge in [-0.2, -0.15) is 0 Å². The highest BCUT2D eigenvalue weighted by Crippen LogP contribution is 2.29. The van der Waals surface area contributed by atoms with E-state index >= 15 is 0 Å². The number of likely N-dealkylation sites (tertiary alicyclic amines) is 1. The number of phenols is 1. The molecule has 0 aromatic heterocycles. The Hall–Kier alpha value is -0.580. The molecular formula is C15H23BrN2O. The molecule has 2 rings (SSSR count). The molecule has 1 aliphatic heterocycles. The number of nitrogens with zero attached hydrogens (tertiary/aromatic N) is 1. The van der Waals surface area contributed by atoms with Crippen LogP contribution in [0.1, 0.15) is 31.7 Å². The van der Waals surface area contributed by atoms with Crippen LogP contribution < -0.4 is 5.73 Å². The molecule has 0 saturated carbocycles. The van der Waals surface area contributed by atoms with Crippen molar-refractivity contribution in [3.8, 4) is 5.75 Å². The lowest BCUT2D eigenvalue weighted by molar-refractivity contribution is 0.106. The second-order valence-corrected chi connectivity index (χ2v) is 6.35. The molecule has 1 aromatic rings. The van der Waals surface area contributed by atoms with Crippen LogP contribution in [0.2, 0.25) is 0 Å². The Kier molecular flexibility index (Phi) is 5.25. The summed E-state index contributed by atoms with van der Waals surface area (Å²) in [5.74, 6) is 1.18. The minimum Gasteiger partial charge on any atom is -0.508 e. The highest BCUT2D eigenvalue weighted by Gasteiger charge is 2.27. The molecule has 19 heavy (non-hydrogen) atoms. The molecule has 3 N–H and O–H groups in total. The average molecular weight is 327 g/mol. The van der Waals surface area contributed by atoms with Gasteiger partial charge in [0, 0.05) is 29.2 Å². The molecule has 0 aliphatic carbocycles. The van der Waals surface area contributed by atoms with E-state index in [-0.39, 0.29) is 0 Å². The molecule has 2 unspecified atom stereocenters. The molecule has 0 amide bonds. The molecule has 1 heterocycles. The highest BCUT2D eigenvalue weighted by atomic mass is 79.9. The van der Waals surface area contributed by atoms with Crippen molar-refractivity contribution in [2.24, 2.45) is 11.7 Å². The minimum absolute atomic E-state index is 0.372. The third-order valence-corrected chi connectivity index (χ3v) is 4.70. The van der Waals surface area contributed by atoms with Gasteiger partial charge in [-0.15, -0.1) is 0 Å². The van der Waals surface area contributed by atoms with Crippen LogP contribution in [-0.4, -0.2) is 29.1 Å². The van der Waals surface area contributed by atoms with Gasteiger partial charge in [0.05, 0.1) is 0 Å². The number of hydrogen-bond acceptors (Lipinski definition) is 3. The fourth-order valence-electron chi connectivity index (χ4n) is 2.91. The predicted molar refractivity (Wildman–Crippen MR) is 82.1 cm³/mol. The monoisotopic (exact) mass is 326 g/mol.